The van der Waals surface area contributed by atoms with Crippen LogP contribution in [0, 0.1) is 18.3 Å². The molecule has 0 saturated heterocycles. The van der Waals surface area contributed by atoms with Crippen LogP contribution in [-0.4, -0.2) is 5.91 Å². The second-order valence-electron chi connectivity index (χ2n) is 4.47. The van der Waals surface area contributed by atoms with E-state index >= 15 is 0 Å². The standard InChI is InChI=1S/C16H13BrN2O/c1-11-2-7-15(17)14(8-11)16(20)19-10-13-5-3-12(9-18)4-6-13/h2-8H,10H2,1H3,(H,19,20). The van der Waals surface area contributed by atoms with E-state index in [1.165, 1.54) is 0 Å². The van der Waals surface area contributed by atoms with E-state index in [2.05, 4.69) is 27.3 Å². The minimum atomic E-state index is -0.120. The molecule has 0 aliphatic heterocycles. The van der Waals surface area contributed by atoms with Crippen molar-refractivity contribution in [1.82, 2.24) is 5.32 Å². The summed E-state index contributed by atoms with van der Waals surface area (Å²) in [5, 5.41) is 11.6. The minimum Gasteiger partial charge on any atom is -0.348 e. The average Bonchev–Trinajstić information content (AvgIpc) is 2.47. The topological polar surface area (TPSA) is 52.9 Å². The molecule has 100 valence electrons. The fourth-order valence-electron chi connectivity index (χ4n) is 1.79. The quantitative estimate of drug-likeness (QED) is 0.936. The Morgan fingerprint density at radius 2 is 1.95 bits per heavy atom. The molecule has 0 unspecified atom stereocenters. The van der Waals surface area contributed by atoms with Crippen molar-refractivity contribution in [2.24, 2.45) is 0 Å². The lowest BCUT2D eigenvalue weighted by atomic mass is 10.1. The van der Waals surface area contributed by atoms with Gasteiger partial charge in [-0.2, -0.15) is 5.26 Å². The number of rotatable bonds is 3. The van der Waals surface area contributed by atoms with Crippen LogP contribution in [0.3, 0.4) is 0 Å². The fourth-order valence-corrected chi connectivity index (χ4v) is 2.21. The molecular weight excluding hydrogens is 316 g/mol. The molecule has 2 rings (SSSR count). The van der Waals surface area contributed by atoms with Gasteiger partial charge in [0.05, 0.1) is 17.2 Å². The van der Waals surface area contributed by atoms with Crippen molar-refractivity contribution in [3.8, 4) is 6.07 Å². The first-order chi connectivity index (χ1) is 9.60. The van der Waals surface area contributed by atoms with Crippen LogP contribution < -0.4 is 5.32 Å². The number of amides is 1. The van der Waals surface area contributed by atoms with Gasteiger partial charge in [0.25, 0.3) is 5.91 Å². The SMILES string of the molecule is Cc1ccc(Br)c(C(=O)NCc2ccc(C#N)cc2)c1. The van der Waals surface area contributed by atoms with Crippen LogP contribution in [0.2, 0.25) is 0 Å². The summed E-state index contributed by atoms with van der Waals surface area (Å²) in [6, 6.07) is 14.9. The van der Waals surface area contributed by atoms with Crippen LogP contribution in [0.15, 0.2) is 46.9 Å². The summed E-state index contributed by atoms with van der Waals surface area (Å²) in [5.74, 6) is -0.120. The van der Waals surface area contributed by atoms with E-state index in [-0.39, 0.29) is 5.91 Å². The molecule has 1 amide bonds. The summed E-state index contributed by atoms with van der Waals surface area (Å²) in [5.41, 5.74) is 3.23. The lowest BCUT2D eigenvalue weighted by Gasteiger charge is -2.08. The molecule has 3 nitrogen and oxygen atoms in total. The van der Waals surface area contributed by atoms with Crippen molar-refractivity contribution >= 4 is 21.8 Å². The van der Waals surface area contributed by atoms with Gasteiger partial charge in [-0.3, -0.25) is 4.79 Å². The Morgan fingerprint density at radius 3 is 2.60 bits per heavy atom. The molecule has 2 aromatic carbocycles. The van der Waals surface area contributed by atoms with Crippen LogP contribution >= 0.6 is 15.9 Å². The first-order valence-electron chi connectivity index (χ1n) is 6.13. The maximum Gasteiger partial charge on any atom is 0.252 e. The van der Waals surface area contributed by atoms with Gasteiger partial charge in [-0.1, -0.05) is 23.8 Å². The molecule has 0 aliphatic rings. The van der Waals surface area contributed by atoms with Crippen LogP contribution in [0.25, 0.3) is 0 Å². The van der Waals surface area contributed by atoms with Gasteiger partial charge in [0, 0.05) is 11.0 Å². The Kier molecular flexibility index (Phi) is 4.54. The summed E-state index contributed by atoms with van der Waals surface area (Å²) in [6.45, 7) is 2.38. The number of nitriles is 1. The molecule has 4 heteroatoms. The molecule has 0 spiro atoms. The molecule has 0 aromatic heterocycles. The molecule has 2 aromatic rings. The van der Waals surface area contributed by atoms with E-state index in [0.29, 0.717) is 17.7 Å². The minimum absolute atomic E-state index is 0.120. The number of benzene rings is 2. The Bertz CT molecular complexity index is 672. The number of halogens is 1. The molecule has 0 fully saturated rings. The van der Waals surface area contributed by atoms with Crippen LogP contribution in [0.5, 0.6) is 0 Å². The van der Waals surface area contributed by atoms with Gasteiger partial charge in [-0.25, -0.2) is 0 Å². The van der Waals surface area contributed by atoms with E-state index < -0.39 is 0 Å². The van der Waals surface area contributed by atoms with Gasteiger partial charge in [0.2, 0.25) is 0 Å². The second kappa shape index (κ2) is 6.36. The van der Waals surface area contributed by atoms with Crippen LogP contribution in [-0.2, 0) is 6.54 Å². The van der Waals surface area contributed by atoms with Crippen molar-refractivity contribution in [1.29, 1.82) is 5.26 Å². The molecule has 0 aliphatic carbocycles. The smallest absolute Gasteiger partial charge is 0.252 e. The zero-order chi connectivity index (χ0) is 14.5. The lowest BCUT2D eigenvalue weighted by Crippen LogP contribution is -2.23. The number of carbonyl (C=O) groups excluding carboxylic acids is 1. The second-order valence-corrected chi connectivity index (χ2v) is 5.33. The zero-order valence-corrected chi connectivity index (χ0v) is 12.6. The molecule has 1 N–H and O–H groups in total. The van der Waals surface area contributed by atoms with Crippen molar-refractivity contribution in [3.05, 3.63) is 69.2 Å². The van der Waals surface area contributed by atoms with Crippen LogP contribution in [0.4, 0.5) is 0 Å². The van der Waals surface area contributed by atoms with Crippen molar-refractivity contribution < 1.29 is 4.79 Å². The predicted octanol–water partition coefficient (Wildman–Crippen LogP) is 3.56. The summed E-state index contributed by atoms with van der Waals surface area (Å²) >= 11 is 3.38. The van der Waals surface area contributed by atoms with Gasteiger partial charge in [0.15, 0.2) is 0 Å². The molecular formula is C16H13BrN2O. The first kappa shape index (κ1) is 14.3. The summed E-state index contributed by atoms with van der Waals surface area (Å²) < 4.78 is 0.778. The average molecular weight is 329 g/mol. The number of hydrogen-bond acceptors (Lipinski definition) is 2. The molecule has 0 heterocycles. The highest BCUT2D eigenvalue weighted by atomic mass is 79.9. The first-order valence-corrected chi connectivity index (χ1v) is 6.93. The number of carbonyl (C=O) groups is 1. The van der Waals surface area contributed by atoms with Crippen molar-refractivity contribution in [2.75, 3.05) is 0 Å². The number of aryl methyl sites for hydroxylation is 1. The molecule has 20 heavy (non-hydrogen) atoms. The van der Waals surface area contributed by atoms with E-state index in [4.69, 9.17) is 5.26 Å². The van der Waals surface area contributed by atoms with Gasteiger partial charge in [0.1, 0.15) is 0 Å². The van der Waals surface area contributed by atoms with Gasteiger partial charge in [-0.05, 0) is 52.7 Å². The number of nitrogens with one attached hydrogen (secondary N) is 1. The summed E-state index contributed by atoms with van der Waals surface area (Å²) in [7, 11) is 0. The Labute approximate surface area is 126 Å². The van der Waals surface area contributed by atoms with Gasteiger partial charge >= 0.3 is 0 Å². The lowest BCUT2D eigenvalue weighted by molar-refractivity contribution is 0.0950. The highest BCUT2D eigenvalue weighted by Crippen LogP contribution is 2.18. The highest BCUT2D eigenvalue weighted by Gasteiger charge is 2.09. The van der Waals surface area contributed by atoms with E-state index in [1.54, 1.807) is 12.1 Å². The van der Waals surface area contributed by atoms with Crippen molar-refractivity contribution in [2.45, 2.75) is 13.5 Å². The van der Waals surface area contributed by atoms with Crippen molar-refractivity contribution in [3.63, 3.8) is 0 Å². The maximum absolute atomic E-state index is 12.1. The largest absolute Gasteiger partial charge is 0.348 e. The molecule has 0 bridgehead atoms. The van der Waals surface area contributed by atoms with Gasteiger partial charge in [-0.15, -0.1) is 0 Å². The monoisotopic (exact) mass is 328 g/mol. The predicted molar refractivity (Wildman–Crippen MR) is 81.2 cm³/mol. The maximum atomic E-state index is 12.1. The Morgan fingerprint density at radius 1 is 1.25 bits per heavy atom. The summed E-state index contributed by atoms with van der Waals surface area (Å²) in [6.07, 6.45) is 0. The zero-order valence-electron chi connectivity index (χ0n) is 11.0. The van der Waals surface area contributed by atoms with E-state index in [9.17, 15) is 4.79 Å². The molecule has 0 saturated carbocycles. The van der Waals surface area contributed by atoms with E-state index in [0.717, 1.165) is 15.6 Å². The highest BCUT2D eigenvalue weighted by molar-refractivity contribution is 9.10. The number of nitrogens with zero attached hydrogens (tertiary/aromatic N) is 1. The Balaban J connectivity index is 2.04. The molecule has 0 radical (unpaired) electrons. The third kappa shape index (κ3) is 3.46. The fraction of sp³-hybridized carbons (Fsp3) is 0.125. The Hall–Kier alpha value is -2.12. The summed E-state index contributed by atoms with van der Waals surface area (Å²) in [4.78, 5) is 12.1. The third-order valence-electron chi connectivity index (χ3n) is 2.90. The van der Waals surface area contributed by atoms with Crippen LogP contribution in [0.1, 0.15) is 27.0 Å². The van der Waals surface area contributed by atoms with E-state index in [1.807, 2.05) is 37.3 Å². The number of hydrogen-bond donors (Lipinski definition) is 1. The third-order valence-corrected chi connectivity index (χ3v) is 3.59. The molecule has 0 atom stereocenters. The van der Waals surface area contributed by atoms with Gasteiger partial charge < -0.3 is 5.32 Å². The normalized spacial score (nSPS) is 9.85.